The zero-order valence-electron chi connectivity index (χ0n) is 29.3. The second-order valence-electron chi connectivity index (χ2n) is 12.9. The molecule has 4 aromatic carbocycles. The van der Waals surface area contributed by atoms with Crippen LogP contribution in [0.4, 0.5) is 31.1 Å². The van der Waals surface area contributed by atoms with Crippen molar-refractivity contribution in [3.63, 3.8) is 0 Å². The minimum atomic E-state index is -4.53. The van der Waals surface area contributed by atoms with E-state index in [2.05, 4.69) is 25.7 Å². The maximum Gasteiger partial charge on any atom is 0.416 e. The number of amides is 1. The van der Waals surface area contributed by atoms with Gasteiger partial charge in [-0.3, -0.25) is 0 Å². The smallest absolute Gasteiger partial charge is 0.416 e. The van der Waals surface area contributed by atoms with Crippen molar-refractivity contribution >= 4 is 6.09 Å². The number of halogens is 6. The summed E-state index contributed by atoms with van der Waals surface area (Å²) in [5.41, 5.74) is 2.97. The molecule has 0 aliphatic heterocycles. The Morgan fingerprint density at radius 1 is 0.648 bits per heavy atom. The maximum atomic E-state index is 13.4. The lowest BCUT2D eigenvalue weighted by Gasteiger charge is -2.33. The van der Waals surface area contributed by atoms with E-state index in [1.807, 2.05) is 13.0 Å². The van der Waals surface area contributed by atoms with Crippen LogP contribution in [0.25, 0.3) is 22.3 Å². The van der Waals surface area contributed by atoms with Gasteiger partial charge in [0.05, 0.1) is 23.1 Å². The van der Waals surface area contributed by atoms with Gasteiger partial charge < -0.3 is 19.3 Å². The summed E-state index contributed by atoms with van der Waals surface area (Å²) in [6.45, 7) is 6.80. The number of hydrogen-bond acceptors (Lipinski definition) is 7. The summed E-state index contributed by atoms with van der Waals surface area (Å²) in [5, 5.41) is 29.5. The van der Waals surface area contributed by atoms with Crippen molar-refractivity contribution in [2.75, 3.05) is 0 Å². The Kier molecular flexibility index (Phi) is 10.3. The number of nitrogens with one attached hydrogen (secondary N) is 1. The molecule has 0 saturated carbocycles. The maximum absolute atomic E-state index is 13.4. The summed E-state index contributed by atoms with van der Waals surface area (Å²) in [6, 6.07) is 18.8. The highest BCUT2D eigenvalue weighted by molar-refractivity contribution is 5.69. The third-order valence-corrected chi connectivity index (χ3v) is 9.24. The van der Waals surface area contributed by atoms with Gasteiger partial charge in [-0.25, -0.2) is 4.79 Å². The first-order valence-corrected chi connectivity index (χ1v) is 16.6. The van der Waals surface area contributed by atoms with E-state index in [1.165, 1.54) is 24.3 Å². The molecule has 3 unspecified atom stereocenters. The number of carbonyl (C=O) groups is 1. The highest BCUT2D eigenvalue weighted by Crippen LogP contribution is 2.47. The van der Waals surface area contributed by atoms with Crippen LogP contribution in [0.3, 0.4) is 0 Å². The Balaban J connectivity index is 1.55. The van der Waals surface area contributed by atoms with E-state index in [0.29, 0.717) is 38.9 Å². The van der Waals surface area contributed by atoms with Crippen molar-refractivity contribution in [1.82, 2.24) is 25.7 Å². The molecule has 2 N–H and O–H groups in total. The zero-order valence-corrected chi connectivity index (χ0v) is 29.3. The van der Waals surface area contributed by atoms with Crippen LogP contribution in [0.1, 0.15) is 74.8 Å². The average Bonchev–Trinajstić information content (AvgIpc) is 3.74. The second-order valence-corrected chi connectivity index (χ2v) is 12.9. The van der Waals surface area contributed by atoms with Crippen molar-refractivity contribution in [3.8, 4) is 22.3 Å². The van der Waals surface area contributed by atoms with Crippen molar-refractivity contribution in [1.29, 1.82) is 0 Å². The monoisotopic (exact) mass is 749 g/mol. The Morgan fingerprint density at radius 3 is 1.56 bits per heavy atom. The fraction of sp³-hybridized carbons (Fsp3) is 0.256. The molecule has 0 saturated heterocycles. The fourth-order valence-electron chi connectivity index (χ4n) is 6.60. The van der Waals surface area contributed by atoms with Gasteiger partial charge in [0.25, 0.3) is 0 Å². The number of benzene rings is 4. The third-order valence-electron chi connectivity index (χ3n) is 9.24. The quantitative estimate of drug-likeness (QED) is 0.133. The molecule has 0 spiro atoms. The number of rotatable bonds is 10. The largest absolute Gasteiger partial charge is 0.465 e. The molecular weight excluding hydrogens is 716 g/mol. The fourth-order valence-corrected chi connectivity index (χ4v) is 6.60. The summed E-state index contributed by atoms with van der Waals surface area (Å²) < 4.78 is 92.1. The third kappa shape index (κ3) is 8.29. The predicted octanol–water partition coefficient (Wildman–Crippen LogP) is 10.2. The Bertz CT molecular complexity index is 2260. The number of carboxylic acid groups (broad SMARTS) is 1. The first-order chi connectivity index (χ1) is 25.5. The minimum Gasteiger partial charge on any atom is -0.465 e. The number of aromatic nitrogens is 4. The van der Waals surface area contributed by atoms with Crippen LogP contribution in [-0.4, -0.2) is 31.6 Å². The van der Waals surface area contributed by atoms with Gasteiger partial charge in [0.2, 0.25) is 23.6 Å². The standard InChI is InChI=1S/C39H33F6N5O4/c1-20-5-7-26(24-9-13-28(14-10-24)38(40,41)42)17-30(20)32(19-33-49-47-22(3)53-33)34(36-50-48-23(4)54-36)35(46-37(51)52)31-18-27(8-6-21(31)2)25-11-15-29(16-12-25)39(43,44)45/h5-18,32,34-35,46H,19H2,1-4H3,(H,51,52). The Hall–Kier alpha value is -5.99. The summed E-state index contributed by atoms with van der Waals surface area (Å²) >= 11 is 0. The zero-order chi connectivity index (χ0) is 38.9. The van der Waals surface area contributed by atoms with Gasteiger partial charge in [-0.05, 0) is 88.7 Å². The van der Waals surface area contributed by atoms with E-state index in [0.717, 1.165) is 29.8 Å². The number of hydrogen-bond donors (Lipinski definition) is 2. The SMILES string of the molecule is Cc1nnc(CC(c2cc(-c3ccc(C(F)(F)F)cc3)ccc2C)C(c2nnc(C)o2)C(NC(=O)O)c2cc(-c3ccc(C(F)(F)F)cc3)ccc2C)o1. The highest BCUT2D eigenvalue weighted by Gasteiger charge is 2.41. The predicted molar refractivity (Wildman–Crippen MR) is 184 cm³/mol. The van der Waals surface area contributed by atoms with Gasteiger partial charge >= 0.3 is 18.4 Å². The molecule has 3 atom stereocenters. The molecule has 0 bridgehead atoms. The molecule has 0 radical (unpaired) electrons. The Labute approximate surface area is 305 Å². The van der Waals surface area contributed by atoms with E-state index in [4.69, 9.17) is 8.83 Å². The lowest BCUT2D eigenvalue weighted by molar-refractivity contribution is -0.138. The normalized spacial score (nSPS) is 13.7. The molecule has 6 aromatic rings. The van der Waals surface area contributed by atoms with Crippen LogP contribution >= 0.6 is 0 Å². The minimum absolute atomic E-state index is 0.0414. The summed E-state index contributed by atoms with van der Waals surface area (Å²) in [7, 11) is 0. The van der Waals surface area contributed by atoms with E-state index in [9.17, 15) is 36.2 Å². The highest BCUT2D eigenvalue weighted by atomic mass is 19.4. The van der Waals surface area contributed by atoms with Crippen LogP contribution < -0.4 is 5.32 Å². The van der Waals surface area contributed by atoms with Crippen LogP contribution in [0.2, 0.25) is 0 Å². The molecule has 2 aromatic heterocycles. The molecule has 15 heteroatoms. The first kappa shape index (κ1) is 37.8. The van der Waals surface area contributed by atoms with Gasteiger partial charge in [-0.1, -0.05) is 54.6 Å². The second kappa shape index (κ2) is 14.8. The van der Waals surface area contributed by atoms with Gasteiger partial charge in [-0.2, -0.15) is 26.3 Å². The van der Waals surface area contributed by atoms with Crippen molar-refractivity contribution < 1.29 is 45.1 Å². The molecule has 0 fully saturated rings. The number of alkyl halides is 6. The molecule has 1 amide bonds. The van der Waals surface area contributed by atoms with E-state index in [-0.39, 0.29) is 30.0 Å². The van der Waals surface area contributed by atoms with Crippen molar-refractivity contribution in [2.24, 2.45) is 0 Å². The lowest BCUT2D eigenvalue weighted by Crippen LogP contribution is -2.35. The number of aryl methyl sites for hydroxylation is 4. The van der Waals surface area contributed by atoms with Gasteiger partial charge in [0.15, 0.2) is 0 Å². The van der Waals surface area contributed by atoms with Crippen molar-refractivity contribution in [3.05, 3.63) is 142 Å². The van der Waals surface area contributed by atoms with E-state index >= 15 is 0 Å². The van der Waals surface area contributed by atoms with Gasteiger partial charge in [0, 0.05) is 26.2 Å². The summed E-state index contributed by atoms with van der Waals surface area (Å²) in [4.78, 5) is 12.6. The van der Waals surface area contributed by atoms with Crippen molar-refractivity contribution in [2.45, 2.75) is 64.3 Å². The van der Waals surface area contributed by atoms with Crippen LogP contribution in [0, 0.1) is 27.7 Å². The van der Waals surface area contributed by atoms with E-state index in [1.54, 1.807) is 51.1 Å². The molecular formula is C39H33F6N5O4. The first-order valence-electron chi connectivity index (χ1n) is 16.6. The molecule has 54 heavy (non-hydrogen) atoms. The molecule has 9 nitrogen and oxygen atoms in total. The lowest BCUT2D eigenvalue weighted by atomic mass is 9.74. The molecule has 0 aliphatic rings. The van der Waals surface area contributed by atoms with Gasteiger partial charge in [0.1, 0.15) is 0 Å². The topological polar surface area (TPSA) is 127 Å². The summed E-state index contributed by atoms with van der Waals surface area (Å²) in [6.07, 6.45) is -10.4. The molecule has 280 valence electrons. The van der Waals surface area contributed by atoms with Gasteiger partial charge in [-0.15, -0.1) is 20.4 Å². The van der Waals surface area contributed by atoms with E-state index < -0.39 is 47.5 Å². The average molecular weight is 750 g/mol. The molecule has 0 aliphatic carbocycles. The van der Waals surface area contributed by atoms with Crippen LogP contribution in [0.15, 0.2) is 93.8 Å². The molecule has 6 rings (SSSR count). The van der Waals surface area contributed by atoms with Crippen LogP contribution in [-0.2, 0) is 18.8 Å². The number of nitrogens with zero attached hydrogens (tertiary/aromatic N) is 4. The molecule has 2 heterocycles. The summed E-state index contributed by atoms with van der Waals surface area (Å²) in [5.74, 6) is -0.970. The van der Waals surface area contributed by atoms with Crippen LogP contribution in [0.5, 0.6) is 0 Å². The Morgan fingerprint density at radius 2 is 1.11 bits per heavy atom.